The van der Waals surface area contributed by atoms with Crippen molar-refractivity contribution in [3.63, 3.8) is 0 Å². The predicted molar refractivity (Wildman–Crippen MR) is 110 cm³/mol. The van der Waals surface area contributed by atoms with Crippen LogP contribution in [0.1, 0.15) is 12.8 Å². The van der Waals surface area contributed by atoms with Crippen molar-refractivity contribution in [2.24, 2.45) is 0 Å². The number of methoxy groups -OCH3 is 2. The second-order valence-corrected chi connectivity index (χ2v) is 7.41. The number of nitrogens with one attached hydrogen (secondary N) is 1. The molecule has 0 saturated carbocycles. The molecule has 0 spiro atoms. The Kier molecular flexibility index (Phi) is 4.57. The molecule has 4 heterocycles. The number of carbonyl (C=O) groups is 1. The lowest BCUT2D eigenvalue weighted by Crippen LogP contribution is -2.40. The fraction of sp³-hybridized carbons (Fsp3) is 0.381. The molecule has 1 N–H and O–H groups in total. The van der Waals surface area contributed by atoms with E-state index in [9.17, 15) is 4.79 Å². The highest BCUT2D eigenvalue weighted by Crippen LogP contribution is 2.34. The molecule has 0 radical (unpaired) electrons. The standard InChI is InChI=1S/C21H23N5O4/c1-28-16-8-13-7-14(9-16)22-5-6-25-15(3-4-19(25)27)12-30-21-18(29-2)11-26-20(24-21)17(13)10-23-26/h7-11,15,22H,3-6,12H2,1-2H3/t15-/m0/s1. The summed E-state index contributed by atoms with van der Waals surface area (Å²) in [5, 5.41) is 7.85. The Morgan fingerprint density at radius 1 is 1.23 bits per heavy atom. The van der Waals surface area contributed by atoms with Crippen molar-refractivity contribution in [3.8, 4) is 28.5 Å². The third kappa shape index (κ3) is 3.16. The topological polar surface area (TPSA) is 90.2 Å². The third-order valence-electron chi connectivity index (χ3n) is 5.65. The van der Waals surface area contributed by atoms with Gasteiger partial charge < -0.3 is 24.4 Å². The van der Waals surface area contributed by atoms with Gasteiger partial charge in [-0.25, -0.2) is 4.52 Å². The summed E-state index contributed by atoms with van der Waals surface area (Å²) in [6.07, 6.45) is 4.83. The lowest BCUT2D eigenvalue weighted by molar-refractivity contribution is -0.129. The molecule has 9 nitrogen and oxygen atoms in total. The number of anilines is 1. The van der Waals surface area contributed by atoms with Crippen molar-refractivity contribution >= 4 is 17.2 Å². The van der Waals surface area contributed by atoms with E-state index >= 15 is 0 Å². The summed E-state index contributed by atoms with van der Waals surface area (Å²) in [7, 11) is 3.21. The highest BCUT2D eigenvalue weighted by atomic mass is 16.5. The fourth-order valence-electron chi connectivity index (χ4n) is 4.07. The lowest BCUT2D eigenvalue weighted by Gasteiger charge is -2.25. The van der Waals surface area contributed by atoms with E-state index in [0.29, 0.717) is 43.4 Å². The van der Waals surface area contributed by atoms with Gasteiger partial charge in [0.05, 0.1) is 32.7 Å². The second-order valence-electron chi connectivity index (χ2n) is 7.41. The molecule has 1 amide bonds. The number of benzene rings is 1. The number of nitrogens with zero attached hydrogens (tertiary/aromatic N) is 4. The molecule has 2 aromatic heterocycles. The molecule has 2 aliphatic heterocycles. The molecule has 1 saturated heterocycles. The monoisotopic (exact) mass is 409 g/mol. The number of carbonyl (C=O) groups excluding carboxylic acids is 1. The smallest absolute Gasteiger partial charge is 0.260 e. The van der Waals surface area contributed by atoms with Crippen LogP contribution in [0.25, 0.3) is 16.8 Å². The largest absolute Gasteiger partial charge is 0.497 e. The third-order valence-corrected chi connectivity index (χ3v) is 5.65. The minimum Gasteiger partial charge on any atom is -0.497 e. The van der Waals surface area contributed by atoms with Crippen LogP contribution in [0.2, 0.25) is 0 Å². The normalized spacial score (nSPS) is 18.5. The van der Waals surface area contributed by atoms with Gasteiger partial charge in [-0.2, -0.15) is 10.1 Å². The van der Waals surface area contributed by atoms with E-state index in [4.69, 9.17) is 19.2 Å². The molecule has 5 rings (SSSR count). The Morgan fingerprint density at radius 3 is 2.97 bits per heavy atom. The fourth-order valence-corrected chi connectivity index (χ4v) is 4.07. The Hall–Kier alpha value is -3.49. The van der Waals surface area contributed by atoms with Crippen molar-refractivity contribution in [1.82, 2.24) is 19.5 Å². The molecule has 9 heteroatoms. The van der Waals surface area contributed by atoms with Crippen LogP contribution in [0, 0.1) is 0 Å². The van der Waals surface area contributed by atoms with Gasteiger partial charge in [0.1, 0.15) is 12.4 Å². The molecule has 0 unspecified atom stereocenters. The molecule has 156 valence electrons. The number of fused-ring (bicyclic) bond motifs is 5. The number of rotatable bonds is 2. The van der Waals surface area contributed by atoms with Crippen LogP contribution in [0.3, 0.4) is 0 Å². The van der Waals surface area contributed by atoms with E-state index in [2.05, 4.69) is 10.4 Å². The van der Waals surface area contributed by atoms with Crippen molar-refractivity contribution in [2.45, 2.75) is 18.9 Å². The summed E-state index contributed by atoms with van der Waals surface area (Å²) in [5.74, 6) is 1.76. The van der Waals surface area contributed by atoms with Crippen LogP contribution in [-0.2, 0) is 4.79 Å². The molecule has 30 heavy (non-hydrogen) atoms. The van der Waals surface area contributed by atoms with E-state index in [1.807, 2.05) is 23.1 Å². The summed E-state index contributed by atoms with van der Waals surface area (Å²) in [6.45, 7) is 1.60. The number of ether oxygens (including phenoxy) is 3. The van der Waals surface area contributed by atoms with Crippen molar-refractivity contribution in [1.29, 1.82) is 0 Å². The van der Waals surface area contributed by atoms with E-state index in [0.717, 1.165) is 29.0 Å². The zero-order chi connectivity index (χ0) is 20.7. The highest BCUT2D eigenvalue weighted by molar-refractivity contribution is 5.81. The first-order valence-electron chi connectivity index (χ1n) is 9.94. The van der Waals surface area contributed by atoms with Gasteiger partial charge in [0.15, 0.2) is 11.4 Å². The van der Waals surface area contributed by atoms with Crippen LogP contribution >= 0.6 is 0 Å². The van der Waals surface area contributed by atoms with Crippen molar-refractivity contribution < 1.29 is 19.0 Å². The maximum Gasteiger partial charge on any atom is 0.260 e. The molecule has 1 atom stereocenters. The van der Waals surface area contributed by atoms with Crippen molar-refractivity contribution in [2.75, 3.05) is 39.2 Å². The van der Waals surface area contributed by atoms with Crippen LogP contribution in [-0.4, -0.2) is 65.4 Å². The van der Waals surface area contributed by atoms with Crippen molar-refractivity contribution in [3.05, 3.63) is 30.6 Å². The van der Waals surface area contributed by atoms with Gasteiger partial charge in [0.2, 0.25) is 5.91 Å². The molecule has 3 aromatic rings. The second kappa shape index (κ2) is 7.40. The summed E-state index contributed by atoms with van der Waals surface area (Å²) in [6, 6.07) is 5.92. The van der Waals surface area contributed by atoms with Gasteiger partial charge in [-0.05, 0) is 24.1 Å². The van der Waals surface area contributed by atoms with Gasteiger partial charge in [-0.3, -0.25) is 4.79 Å². The van der Waals surface area contributed by atoms with Gasteiger partial charge in [0.25, 0.3) is 5.88 Å². The first-order valence-corrected chi connectivity index (χ1v) is 9.94. The Bertz CT molecular complexity index is 1110. The van der Waals surface area contributed by atoms with E-state index in [-0.39, 0.29) is 11.9 Å². The first-order chi connectivity index (χ1) is 14.7. The first kappa shape index (κ1) is 18.5. The molecule has 4 bridgehead atoms. The maximum atomic E-state index is 12.4. The average Bonchev–Trinajstić information content (AvgIpc) is 3.33. The van der Waals surface area contributed by atoms with Gasteiger partial charge in [0, 0.05) is 36.8 Å². The summed E-state index contributed by atoms with van der Waals surface area (Å²) in [5.41, 5.74) is 3.34. The average molecular weight is 409 g/mol. The molecule has 0 aliphatic carbocycles. The maximum absolute atomic E-state index is 12.4. The van der Waals surface area contributed by atoms with Gasteiger partial charge in [-0.1, -0.05) is 0 Å². The number of hydrogen-bond donors (Lipinski definition) is 1. The number of amides is 1. The molecule has 2 aliphatic rings. The van der Waals surface area contributed by atoms with Gasteiger partial charge >= 0.3 is 0 Å². The molecular weight excluding hydrogens is 386 g/mol. The number of hydrogen-bond acceptors (Lipinski definition) is 7. The Labute approximate surface area is 173 Å². The van der Waals surface area contributed by atoms with Crippen LogP contribution in [0.5, 0.6) is 17.4 Å². The quantitative estimate of drug-likeness (QED) is 0.694. The minimum atomic E-state index is 0.00947. The zero-order valence-corrected chi connectivity index (χ0v) is 16.9. The lowest BCUT2D eigenvalue weighted by atomic mass is 10.1. The Balaban J connectivity index is 1.65. The molecule has 1 fully saturated rings. The van der Waals surface area contributed by atoms with E-state index < -0.39 is 0 Å². The van der Waals surface area contributed by atoms with Gasteiger partial charge in [-0.15, -0.1) is 0 Å². The van der Waals surface area contributed by atoms with Crippen LogP contribution in [0.4, 0.5) is 5.69 Å². The highest BCUT2D eigenvalue weighted by Gasteiger charge is 2.31. The predicted octanol–water partition coefficient (Wildman–Crippen LogP) is 2.21. The summed E-state index contributed by atoms with van der Waals surface area (Å²) in [4.78, 5) is 19.0. The van der Waals surface area contributed by atoms with E-state index in [1.54, 1.807) is 31.1 Å². The van der Waals surface area contributed by atoms with Crippen LogP contribution in [0.15, 0.2) is 30.6 Å². The minimum absolute atomic E-state index is 0.00947. The SMILES string of the molecule is COc1cc2cc(c1)-c1cnn3cc(OC)c(nc13)OC[C@@H]1CCC(=O)N1CCN2. The number of aromatic nitrogens is 3. The molecule has 1 aromatic carbocycles. The summed E-state index contributed by atoms with van der Waals surface area (Å²) >= 11 is 0. The summed E-state index contributed by atoms with van der Waals surface area (Å²) < 4.78 is 18.7. The van der Waals surface area contributed by atoms with Crippen LogP contribution < -0.4 is 19.5 Å². The Morgan fingerprint density at radius 2 is 2.13 bits per heavy atom. The van der Waals surface area contributed by atoms with E-state index in [1.165, 1.54) is 0 Å². The zero-order valence-electron chi connectivity index (χ0n) is 16.9. The molecular formula is C21H23N5O4.